The van der Waals surface area contributed by atoms with Gasteiger partial charge in [-0.3, -0.25) is 4.79 Å². The topological polar surface area (TPSA) is 85.2 Å². The van der Waals surface area contributed by atoms with E-state index < -0.39 is 5.91 Å². The van der Waals surface area contributed by atoms with Crippen molar-refractivity contribution in [3.63, 3.8) is 0 Å². The molecule has 1 aromatic rings. The van der Waals surface area contributed by atoms with Crippen LogP contribution in [0.1, 0.15) is 41.4 Å². The Labute approximate surface area is 115 Å². The Morgan fingerprint density at radius 1 is 1.37 bits per heavy atom. The Kier molecular flexibility index (Phi) is 5.76. The first-order chi connectivity index (χ1) is 9.01. The third kappa shape index (κ3) is 3.92. The van der Waals surface area contributed by atoms with Crippen LogP contribution in [0.4, 0.5) is 5.82 Å². The van der Waals surface area contributed by atoms with Crippen molar-refractivity contribution in [3.05, 3.63) is 22.9 Å². The Balaban J connectivity index is 3.22. The Morgan fingerprint density at radius 2 is 2.05 bits per heavy atom. The fourth-order valence-electron chi connectivity index (χ4n) is 2.18. The predicted octanol–water partition coefficient (Wildman–Crippen LogP) is 1.36. The van der Waals surface area contributed by atoms with Crippen molar-refractivity contribution in [1.29, 1.82) is 0 Å². The maximum Gasteiger partial charge on any atom is 0.252 e. The lowest BCUT2D eigenvalue weighted by atomic mass is 10.1. The normalized spacial score (nSPS) is 10.5. The van der Waals surface area contributed by atoms with Crippen LogP contribution in [0.3, 0.4) is 0 Å². The summed E-state index contributed by atoms with van der Waals surface area (Å²) in [7, 11) is 0. The van der Waals surface area contributed by atoms with Crippen LogP contribution >= 0.6 is 0 Å². The van der Waals surface area contributed by atoms with E-state index in [-0.39, 0.29) is 0 Å². The van der Waals surface area contributed by atoms with Crippen molar-refractivity contribution in [2.45, 2.75) is 33.6 Å². The minimum atomic E-state index is -0.432. The van der Waals surface area contributed by atoms with E-state index in [1.165, 1.54) is 0 Å². The molecule has 106 valence electrons. The summed E-state index contributed by atoms with van der Waals surface area (Å²) in [4.78, 5) is 18.2. The summed E-state index contributed by atoms with van der Waals surface area (Å²) in [5.41, 5.74) is 13.4. The maximum atomic E-state index is 11.7. The van der Waals surface area contributed by atoms with Gasteiger partial charge in [-0.15, -0.1) is 0 Å². The van der Waals surface area contributed by atoms with E-state index in [0.29, 0.717) is 24.5 Å². The lowest BCUT2D eigenvalue weighted by Gasteiger charge is -2.25. The first-order valence-electron chi connectivity index (χ1n) is 6.74. The van der Waals surface area contributed by atoms with Crippen LogP contribution in [0.5, 0.6) is 0 Å². The van der Waals surface area contributed by atoms with E-state index >= 15 is 0 Å². The van der Waals surface area contributed by atoms with Gasteiger partial charge in [0, 0.05) is 25.3 Å². The average Bonchev–Trinajstić information content (AvgIpc) is 2.32. The minimum Gasteiger partial charge on any atom is -0.365 e. The second-order valence-electron chi connectivity index (χ2n) is 4.77. The second-order valence-corrected chi connectivity index (χ2v) is 4.77. The molecule has 1 aromatic heterocycles. The monoisotopic (exact) mass is 264 g/mol. The lowest BCUT2D eigenvalue weighted by molar-refractivity contribution is 0.1000. The molecule has 0 aliphatic carbocycles. The molecule has 0 atom stereocenters. The molecule has 0 fully saturated rings. The van der Waals surface area contributed by atoms with Gasteiger partial charge in [-0.05, 0) is 31.9 Å². The Bertz CT molecular complexity index is 445. The number of primary amides is 1. The number of carbonyl (C=O) groups excluding carboxylic acids is 1. The highest BCUT2D eigenvalue weighted by Gasteiger charge is 2.18. The van der Waals surface area contributed by atoms with Crippen molar-refractivity contribution < 1.29 is 4.79 Å². The van der Waals surface area contributed by atoms with Gasteiger partial charge in [-0.1, -0.05) is 13.3 Å². The summed E-state index contributed by atoms with van der Waals surface area (Å²) in [6.45, 7) is 7.97. The fraction of sp³-hybridized carbons (Fsp3) is 0.571. The molecule has 0 saturated heterocycles. The number of nitrogens with two attached hydrogens (primary N) is 2. The molecule has 0 spiro atoms. The van der Waals surface area contributed by atoms with Crippen molar-refractivity contribution in [2.24, 2.45) is 11.5 Å². The van der Waals surface area contributed by atoms with E-state index in [1.54, 1.807) is 0 Å². The molecule has 0 bridgehead atoms. The van der Waals surface area contributed by atoms with Crippen molar-refractivity contribution >= 4 is 11.7 Å². The average molecular weight is 264 g/mol. The Morgan fingerprint density at radius 3 is 2.58 bits per heavy atom. The number of unbranched alkanes of at least 4 members (excludes halogenated alkanes) is 1. The van der Waals surface area contributed by atoms with Gasteiger partial charge >= 0.3 is 0 Å². The van der Waals surface area contributed by atoms with Crippen LogP contribution in [0.15, 0.2) is 6.07 Å². The van der Waals surface area contributed by atoms with Gasteiger partial charge in [-0.2, -0.15) is 0 Å². The zero-order valence-electron chi connectivity index (χ0n) is 12.1. The van der Waals surface area contributed by atoms with Gasteiger partial charge in [0.15, 0.2) is 0 Å². The number of hydrogen-bond donors (Lipinski definition) is 2. The molecule has 0 saturated carbocycles. The summed E-state index contributed by atoms with van der Waals surface area (Å²) in [5.74, 6) is 0.238. The maximum absolute atomic E-state index is 11.7. The fourth-order valence-corrected chi connectivity index (χ4v) is 2.18. The summed E-state index contributed by atoms with van der Waals surface area (Å²) < 4.78 is 0. The Hall–Kier alpha value is -1.62. The summed E-state index contributed by atoms with van der Waals surface area (Å²) in [6, 6.07) is 1.88. The van der Waals surface area contributed by atoms with Crippen LogP contribution < -0.4 is 16.4 Å². The van der Waals surface area contributed by atoms with E-state index in [2.05, 4.69) is 16.8 Å². The van der Waals surface area contributed by atoms with Gasteiger partial charge in [0.2, 0.25) is 0 Å². The van der Waals surface area contributed by atoms with Crippen molar-refractivity contribution in [1.82, 2.24) is 4.98 Å². The molecule has 0 radical (unpaired) electrons. The van der Waals surface area contributed by atoms with Gasteiger partial charge in [-0.25, -0.2) is 4.98 Å². The molecule has 1 rings (SSSR count). The number of aromatic nitrogens is 1. The van der Waals surface area contributed by atoms with Crippen LogP contribution in [0.2, 0.25) is 0 Å². The number of anilines is 1. The highest BCUT2D eigenvalue weighted by Crippen LogP contribution is 2.22. The SMILES string of the molecule is CCCCN(CCN)c1nc(C)cc(C)c1C(N)=O. The standard InChI is InChI=1S/C14H24N4O/c1-4-5-7-18(8-6-15)14-12(13(16)19)10(2)9-11(3)17-14/h9H,4-8,15H2,1-3H3,(H2,16,19). The number of hydrogen-bond acceptors (Lipinski definition) is 4. The van der Waals surface area contributed by atoms with Crippen LogP contribution in [-0.4, -0.2) is 30.5 Å². The van der Waals surface area contributed by atoms with Crippen molar-refractivity contribution in [3.8, 4) is 0 Å². The van der Waals surface area contributed by atoms with E-state index in [4.69, 9.17) is 11.5 Å². The highest BCUT2D eigenvalue weighted by atomic mass is 16.1. The van der Waals surface area contributed by atoms with E-state index in [0.717, 1.165) is 30.6 Å². The summed E-state index contributed by atoms with van der Waals surface area (Å²) >= 11 is 0. The zero-order valence-corrected chi connectivity index (χ0v) is 12.1. The third-order valence-electron chi connectivity index (χ3n) is 3.05. The minimum absolute atomic E-state index is 0.432. The highest BCUT2D eigenvalue weighted by molar-refractivity contribution is 5.99. The molecule has 5 heteroatoms. The molecule has 19 heavy (non-hydrogen) atoms. The first kappa shape index (κ1) is 15.4. The zero-order chi connectivity index (χ0) is 14.4. The number of aryl methyl sites for hydroxylation is 2. The van der Waals surface area contributed by atoms with Gasteiger partial charge in [0.05, 0.1) is 5.56 Å². The number of nitrogens with zero attached hydrogens (tertiary/aromatic N) is 2. The molecule has 0 aliphatic heterocycles. The number of pyridine rings is 1. The molecule has 0 aliphatic rings. The largest absolute Gasteiger partial charge is 0.365 e. The molecular weight excluding hydrogens is 240 g/mol. The predicted molar refractivity (Wildman–Crippen MR) is 78.4 cm³/mol. The number of amides is 1. The molecule has 1 heterocycles. The van der Waals surface area contributed by atoms with E-state index in [9.17, 15) is 4.79 Å². The number of rotatable bonds is 7. The molecule has 0 aromatic carbocycles. The smallest absolute Gasteiger partial charge is 0.252 e. The van der Waals surface area contributed by atoms with Crippen LogP contribution in [-0.2, 0) is 0 Å². The first-order valence-corrected chi connectivity index (χ1v) is 6.74. The molecule has 5 nitrogen and oxygen atoms in total. The molecular formula is C14H24N4O. The van der Waals surface area contributed by atoms with E-state index in [1.807, 2.05) is 19.9 Å². The summed E-state index contributed by atoms with van der Waals surface area (Å²) in [6.07, 6.45) is 2.12. The second kappa shape index (κ2) is 7.09. The lowest BCUT2D eigenvalue weighted by Crippen LogP contribution is -2.33. The quantitative estimate of drug-likeness (QED) is 0.778. The van der Waals surface area contributed by atoms with Gasteiger partial charge < -0.3 is 16.4 Å². The summed E-state index contributed by atoms with van der Waals surface area (Å²) in [5, 5.41) is 0. The molecule has 4 N–H and O–H groups in total. The molecule has 0 unspecified atom stereocenters. The number of carbonyl (C=O) groups is 1. The van der Waals surface area contributed by atoms with Gasteiger partial charge in [0.1, 0.15) is 5.82 Å². The van der Waals surface area contributed by atoms with Gasteiger partial charge in [0.25, 0.3) is 5.91 Å². The van der Waals surface area contributed by atoms with Crippen LogP contribution in [0.25, 0.3) is 0 Å². The third-order valence-corrected chi connectivity index (χ3v) is 3.05. The van der Waals surface area contributed by atoms with Crippen molar-refractivity contribution in [2.75, 3.05) is 24.5 Å². The van der Waals surface area contributed by atoms with Crippen LogP contribution in [0, 0.1) is 13.8 Å². The molecule has 1 amide bonds.